The topological polar surface area (TPSA) is 87.0 Å². The van der Waals surface area contributed by atoms with Gasteiger partial charge in [-0.15, -0.1) is 0 Å². The number of ether oxygens (including phenoxy) is 1. The van der Waals surface area contributed by atoms with Crippen molar-refractivity contribution in [2.45, 2.75) is 19.8 Å². The highest BCUT2D eigenvalue weighted by Crippen LogP contribution is 2.38. The van der Waals surface area contributed by atoms with Crippen LogP contribution in [0.3, 0.4) is 0 Å². The first-order valence-corrected chi connectivity index (χ1v) is 10.3. The van der Waals surface area contributed by atoms with E-state index < -0.39 is 5.97 Å². The van der Waals surface area contributed by atoms with Crippen LogP contribution in [0.5, 0.6) is 17.2 Å². The summed E-state index contributed by atoms with van der Waals surface area (Å²) in [6.45, 7) is 2.10. The van der Waals surface area contributed by atoms with Crippen molar-refractivity contribution in [3.05, 3.63) is 95.1 Å². The summed E-state index contributed by atoms with van der Waals surface area (Å²) in [5, 5.41) is 28.5. The molecule has 164 valence electrons. The van der Waals surface area contributed by atoms with E-state index in [0.29, 0.717) is 11.3 Å². The second kappa shape index (κ2) is 10.4. The maximum atomic E-state index is 10.9. The largest absolute Gasteiger partial charge is 0.508 e. The fourth-order valence-corrected chi connectivity index (χ4v) is 3.63. The van der Waals surface area contributed by atoms with Crippen molar-refractivity contribution in [3.63, 3.8) is 0 Å². The number of carboxylic acid groups (broad SMARTS) is 1. The third kappa shape index (κ3) is 5.38. The first-order chi connectivity index (χ1) is 15.4. The molecule has 0 atom stereocenters. The maximum Gasteiger partial charge on any atom is 0.328 e. The Labute approximate surface area is 187 Å². The summed E-state index contributed by atoms with van der Waals surface area (Å²) < 4.78 is 5.54. The number of phenols is 2. The van der Waals surface area contributed by atoms with Crippen LogP contribution in [-0.4, -0.2) is 28.4 Å². The average molecular weight is 431 g/mol. The van der Waals surface area contributed by atoms with Gasteiger partial charge in [-0.25, -0.2) is 4.79 Å². The van der Waals surface area contributed by atoms with Gasteiger partial charge in [0.25, 0.3) is 0 Å². The maximum absolute atomic E-state index is 10.9. The lowest BCUT2D eigenvalue weighted by Gasteiger charge is -2.18. The van der Waals surface area contributed by atoms with Crippen LogP contribution in [0.2, 0.25) is 0 Å². The van der Waals surface area contributed by atoms with Crippen molar-refractivity contribution in [1.82, 2.24) is 0 Å². The predicted molar refractivity (Wildman–Crippen MR) is 127 cm³/mol. The molecule has 0 saturated heterocycles. The van der Waals surface area contributed by atoms with E-state index in [2.05, 4.69) is 6.92 Å². The van der Waals surface area contributed by atoms with Gasteiger partial charge >= 0.3 is 5.97 Å². The molecule has 3 aromatic rings. The predicted octanol–water partition coefficient (Wildman–Crippen LogP) is 5.96. The lowest BCUT2D eigenvalue weighted by Crippen LogP contribution is -1.97. The molecule has 3 N–H and O–H groups in total. The Hall–Kier alpha value is -3.99. The first kappa shape index (κ1) is 22.7. The Morgan fingerprint density at radius 3 is 1.88 bits per heavy atom. The van der Waals surface area contributed by atoms with E-state index in [1.807, 2.05) is 42.5 Å². The number of hydrogen-bond donors (Lipinski definition) is 3. The Morgan fingerprint density at radius 2 is 1.41 bits per heavy atom. The number of hydrogen-bond acceptors (Lipinski definition) is 4. The van der Waals surface area contributed by atoms with Gasteiger partial charge in [-0.3, -0.25) is 0 Å². The Kier molecular flexibility index (Phi) is 7.34. The SMILES string of the molecule is CCCC(=C(c1ccc(O)cc1)c1ccc(O)cc1)c1ccc(C=CC(=O)O)c(OC)c1. The number of methoxy groups -OCH3 is 1. The van der Waals surface area contributed by atoms with Gasteiger partial charge in [0.2, 0.25) is 0 Å². The molecule has 0 aromatic heterocycles. The molecule has 0 aliphatic rings. The molecule has 0 spiro atoms. The molecule has 0 aliphatic heterocycles. The van der Waals surface area contributed by atoms with Gasteiger partial charge in [-0.05, 0) is 70.7 Å². The minimum atomic E-state index is -1.02. The van der Waals surface area contributed by atoms with Crippen molar-refractivity contribution in [3.8, 4) is 17.2 Å². The summed E-state index contributed by atoms with van der Waals surface area (Å²) in [6.07, 6.45) is 4.27. The van der Waals surface area contributed by atoms with Crippen LogP contribution >= 0.6 is 0 Å². The van der Waals surface area contributed by atoms with Crippen LogP contribution in [0.15, 0.2) is 72.8 Å². The normalized spacial score (nSPS) is 10.8. The molecule has 0 bridgehead atoms. The van der Waals surface area contributed by atoms with Crippen LogP contribution in [0.1, 0.15) is 42.0 Å². The highest BCUT2D eigenvalue weighted by atomic mass is 16.5. The number of benzene rings is 3. The summed E-state index contributed by atoms with van der Waals surface area (Å²) in [5.74, 6) is -0.0758. The Morgan fingerprint density at radius 1 is 0.875 bits per heavy atom. The van der Waals surface area contributed by atoms with Crippen molar-refractivity contribution in [2.75, 3.05) is 7.11 Å². The van der Waals surface area contributed by atoms with Crippen molar-refractivity contribution < 1.29 is 24.9 Å². The van der Waals surface area contributed by atoms with Crippen molar-refractivity contribution in [1.29, 1.82) is 0 Å². The zero-order chi connectivity index (χ0) is 23.1. The molecule has 32 heavy (non-hydrogen) atoms. The summed E-state index contributed by atoms with van der Waals surface area (Å²) in [5.41, 5.74) is 5.56. The minimum absolute atomic E-state index is 0.187. The Bertz CT molecular complexity index is 1090. The molecule has 0 heterocycles. The van der Waals surface area contributed by atoms with Crippen LogP contribution in [-0.2, 0) is 4.79 Å². The second-order valence-electron chi connectivity index (χ2n) is 7.33. The number of carbonyl (C=O) groups is 1. The third-order valence-corrected chi connectivity index (χ3v) is 5.10. The van der Waals surface area contributed by atoms with Gasteiger partial charge in [0, 0.05) is 11.6 Å². The van der Waals surface area contributed by atoms with E-state index in [1.54, 1.807) is 31.4 Å². The molecule has 5 heteroatoms. The molecule has 5 nitrogen and oxygen atoms in total. The van der Waals surface area contributed by atoms with E-state index in [0.717, 1.165) is 46.8 Å². The highest BCUT2D eigenvalue weighted by Gasteiger charge is 2.15. The summed E-state index contributed by atoms with van der Waals surface area (Å²) in [4.78, 5) is 10.9. The van der Waals surface area contributed by atoms with Crippen LogP contribution in [0.25, 0.3) is 17.2 Å². The standard InChI is InChI=1S/C27H26O5/c1-3-4-24(21-6-5-18(11-16-26(30)31)25(17-21)32-2)27(19-7-12-22(28)13-8-19)20-9-14-23(29)15-10-20/h5-17,28-29H,3-4H2,1-2H3,(H,30,31). The van der Waals surface area contributed by atoms with Crippen molar-refractivity contribution >= 4 is 23.2 Å². The molecule has 0 saturated carbocycles. The molecule has 3 aromatic carbocycles. The number of allylic oxidation sites excluding steroid dienone is 1. The smallest absolute Gasteiger partial charge is 0.328 e. The number of rotatable bonds is 8. The lowest BCUT2D eigenvalue weighted by atomic mass is 9.87. The van der Waals surface area contributed by atoms with Gasteiger partial charge in [0.15, 0.2) is 0 Å². The number of phenolic OH excluding ortho intramolecular Hbond substituents is 2. The zero-order valence-electron chi connectivity index (χ0n) is 18.1. The summed E-state index contributed by atoms with van der Waals surface area (Å²) >= 11 is 0. The Balaban J connectivity index is 2.25. The lowest BCUT2D eigenvalue weighted by molar-refractivity contribution is -0.131. The van der Waals surface area contributed by atoms with Gasteiger partial charge in [0.05, 0.1) is 7.11 Å². The molecule has 0 unspecified atom stereocenters. The number of aliphatic carboxylic acids is 1. The van der Waals surface area contributed by atoms with Crippen LogP contribution in [0, 0.1) is 0 Å². The highest BCUT2D eigenvalue weighted by molar-refractivity contribution is 5.99. The second-order valence-corrected chi connectivity index (χ2v) is 7.33. The molecule has 0 aliphatic carbocycles. The molecular weight excluding hydrogens is 404 g/mol. The average Bonchev–Trinajstić information content (AvgIpc) is 2.79. The summed E-state index contributed by atoms with van der Waals surface area (Å²) in [7, 11) is 1.56. The fourth-order valence-electron chi connectivity index (χ4n) is 3.63. The van der Waals surface area contributed by atoms with E-state index in [-0.39, 0.29) is 11.5 Å². The minimum Gasteiger partial charge on any atom is -0.508 e. The van der Waals surface area contributed by atoms with E-state index >= 15 is 0 Å². The number of carboxylic acids is 1. The molecular formula is C27H26O5. The van der Waals surface area contributed by atoms with E-state index in [9.17, 15) is 15.0 Å². The zero-order valence-corrected chi connectivity index (χ0v) is 18.1. The van der Waals surface area contributed by atoms with Crippen LogP contribution < -0.4 is 4.74 Å². The van der Waals surface area contributed by atoms with Gasteiger partial charge in [0.1, 0.15) is 17.2 Å². The fraction of sp³-hybridized carbons (Fsp3) is 0.148. The number of aromatic hydroxyl groups is 2. The van der Waals surface area contributed by atoms with E-state index in [4.69, 9.17) is 9.84 Å². The first-order valence-electron chi connectivity index (χ1n) is 10.3. The van der Waals surface area contributed by atoms with E-state index in [1.165, 1.54) is 6.08 Å². The molecule has 0 amide bonds. The molecule has 0 radical (unpaired) electrons. The van der Waals surface area contributed by atoms with Crippen LogP contribution in [0.4, 0.5) is 0 Å². The molecule has 3 rings (SSSR count). The third-order valence-electron chi connectivity index (χ3n) is 5.10. The van der Waals surface area contributed by atoms with Crippen molar-refractivity contribution in [2.24, 2.45) is 0 Å². The summed E-state index contributed by atoms with van der Waals surface area (Å²) in [6, 6.07) is 19.8. The van der Waals surface area contributed by atoms with Gasteiger partial charge < -0.3 is 20.1 Å². The van der Waals surface area contributed by atoms with Gasteiger partial charge in [-0.2, -0.15) is 0 Å². The van der Waals surface area contributed by atoms with Gasteiger partial charge in [-0.1, -0.05) is 49.7 Å². The quantitative estimate of drug-likeness (QED) is 0.303. The monoisotopic (exact) mass is 430 g/mol. The molecule has 0 fully saturated rings.